The van der Waals surface area contributed by atoms with Crippen LogP contribution in [-0.4, -0.2) is 57.9 Å². The van der Waals surface area contributed by atoms with Crippen LogP contribution in [0.5, 0.6) is 0 Å². The first-order valence-corrected chi connectivity index (χ1v) is 6.89. The second kappa shape index (κ2) is 4.51. The van der Waals surface area contributed by atoms with Gasteiger partial charge in [0.05, 0.1) is 12.5 Å². The van der Waals surface area contributed by atoms with Gasteiger partial charge in [-0.3, -0.25) is 14.4 Å². The lowest BCUT2D eigenvalue weighted by molar-refractivity contribution is -0.144. The molecule has 2 amide bonds. The van der Waals surface area contributed by atoms with E-state index in [0.717, 1.165) is 19.3 Å². The Balaban J connectivity index is 1.67. The Morgan fingerprint density at radius 3 is 2.68 bits per heavy atom. The molecule has 6 nitrogen and oxygen atoms in total. The highest BCUT2D eigenvalue weighted by molar-refractivity contribution is 5.87. The van der Waals surface area contributed by atoms with Crippen molar-refractivity contribution in [1.29, 1.82) is 0 Å². The Kier molecular flexibility index (Phi) is 2.95. The van der Waals surface area contributed by atoms with E-state index in [2.05, 4.69) is 0 Å². The zero-order valence-corrected chi connectivity index (χ0v) is 10.7. The zero-order valence-electron chi connectivity index (χ0n) is 10.7. The molecule has 104 valence electrons. The molecule has 3 aliphatic heterocycles. The van der Waals surface area contributed by atoms with E-state index < -0.39 is 11.9 Å². The van der Waals surface area contributed by atoms with Gasteiger partial charge in [0.2, 0.25) is 11.8 Å². The fourth-order valence-electron chi connectivity index (χ4n) is 3.76. The number of carboxylic acid groups (broad SMARTS) is 1. The summed E-state index contributed by atoms with van der Waals surface area (Å²) in [4.78, 5) is 38.3. The Morgan fingerprint density at radius 2 is 2.11 bits per heavy atom. The van der Waals surface area contributed by atoms with E-state index in [9.17, 15) is 14.4 Å². The molecule has 3 fully saturated rings. The van der Waals surface area contributed by atoms with Crippen molar-refractivity contribution in [3.8, 4) is 0 Å². The van der Waals surface area contributed by atoms with Crippen LogP contribution in [0.25, 0.3) is 0 Å². The molecule has 0 aliphatic carbocycles. The maximum absolute atomic E-state index is 12.3. The lowest BCUT2D eigenvalue weighted by Gasteiger charge is -2.25. The van der Waals surface area contributed by atoms with E-state index in [-0.39, 0.29) is 30.4 Å². The summed E-state index contributed by atoms with van der Waals surface area (Å²) in [6.07, 6.45) is 3.59. The molecule has 0 spiro atoms. The van der Waals surface area contributed by atoms with E-state index >= 15 is 0 Å². The number of fused-ring (bicyclic) bond motifs is 2. The molecule has 0 aromatic heterocycles. The molecule has 3 saturated heterocycles. The maximum atomic E-state index is 12.3. The molecule has 0 aromatic rings. The molecule has 3 heterocycles. The molecule has 1 N–H and O–H groups in total. The third-order valence-electron chi connectivity index (χ3n) is 4.64. The predicted molar refractivity (Wildman–Crippen MR) is 65.2 cm³/mol. The summed E-state index contributed by atoms with van der Waals surface area (Å²) in [6, 6.07) is -0.0935. The zero-order chi connectivity index (χ0) is 13.6. The minimum Gasteiger partial charge on any atom is -0.481 e. The van der Waals surface area contributed by atoms with Crippen LogP contribution in [0.15, 0.2) is 0 Å². The standard InChI is InChI=1S/C13H18N2O4/c16-11-2-1-5-14(11)7-12(17)15-8-3-4-10(15)9(6-8)13(18)19/h8-10H,1-7H2,(H,18,19). The summed E-state index contributed by atoms with van der Waals surface area (Å²) in [7, 11) is 0. The minimum atomic E-state index is -0.803. The van der Waals surface area contributed by atoms with Crippen molar-refractivity contribution in [2.24, 2.45) is 5.92 Å². The quantitative estimate of drug-likeness (QED) is 0.784. The highest BCUT2D eigenvalue weighted by atomic mass is 16.4. The molecule has 3 atom stereocenters. The fourth-order valence-corrected chi connectivity index (χ4v) is 3.76. The van der Waals surface area contributed by atoms with Crippen LogP contribution < -0.4 is 0 Å². The normalized spacial score (nSPS) is 33.3. The topological polar surface area (TPSA) is 77.9 Å². The molecule has 19 heavy (non-hydrogen) atoms. The van der Waals surface area contributed by atoms with Gasteiger partial charge in [-0.2, -0.15) is 0 Å². The van der Waals surface area contributed by atoms with Crippen LogP contribution >= 0.6 is 0 Å². The number of hydrogen-bond donors (Lipinski definition) is 1. The fraction of sp³-hybridized carbons (Fsp3) is 0.769. The number of carboxylic acids is 1. The molecule has 6 heteroatoms. The lowest BCUT2D eigenvalue weighted by Crippen LogP contribution is -2.44. The van der Waals surface area contributed by atoms with Crippen molar-refractivity contribution in [2.45, 2.75) is 44.2 Å². The molecule has 3 aliphatic rings. The Labute approximate surface area is 111 Å². The largest absolute Gasteiger partial charge is 0.481 e. The van der Waals surface area contributed by atoms with Gasteiger partial charge in [0.25, 0.3) is 0 Å². The first kappa shape index (κ1) is 12.4. The van der Waals surface area contributed by atoms with Gasteiger partial charge in [-0.15, -0.1) is 0 Å². The van der Waals surface area contributed by atoms with Crippen molar-refractivity contribution >= 4 is 17.8 Å². The first-order valence-electron chi connectivity index (χ1n) is 6.89. The Bertz CT molecular complexity index is 436. The van der Waals surface area contributed by atoms with Crippen molar-refractivity contribution in [3.05, 3.63) is 0 Å². The second-order valence-electron chi connectivity index (χ2n) is 5.70. The summed E-state index contributed by atoms with van der Waals surface area (Å²) >= 11 is 0. The van der Waals surface area contributed by atoms with Crippen LogP contribution in [-0.2, 0) is 14.4 Å². The van der Waals surface area contributed by atoms with E-state index in [0.29, 0.717) is 19.4 Å². The van der Waals surface area contributed by atoms with E-state index in [1.165, 1.54) is 0 Å². The SMILES string of the molecule is O=C(O)C1CC2CCC1N2C(=O)CN1CCCC1=O. The number of hydrogen-bond acceptors (Lipinski definition) is 3. The number of nitrogens with zero attached hydrogens (tertiary/aromatic N) is 2. The molecular weight excluding hydrogens is 248 g/mol. The van der Waals surface area contributed by atoms with E-state index in [1.807, 2.05) is 0 Å². The van der Waals surface area contributed by atoms with Crippen molar-refractivity contribution in [2.75, 3.05) is 13.1 Å². The van der Waals surface area contributed by atoms with Crippen LogP contribution in [0.2, 0.25) is 0 Å². The van der Waals surface area contributed by atoms with Gasteiger partial charge < -0.3 is 14.9 Å². The molecule has 2 bridgehead atoms. The van der Waals surface area contributed by atoms with Crippen molar-refractivity contribution in [3.63, 3.8) is 0 Å². The summed E-state index contributed by atoms with van der Waals surface area (Å²) in [6.45, 7) is 0.772. The summed E-state index contributed by atoms with van der Waals surface area (Å²) in [5.41, 5.74) is 0. The smallest absolute Gasteiger partial charge is 0.308 e. The third kappa shape index (κ3) is 1.99. The van der Waals surface area contributed by atoms with E-state index in [4.69, 9.17) is 5.11 Å². The Morgan fingerprint density at radius 1 is 1.32 bits per heavy atom. The third-order valence-corrected chi connectivity index (χ3v) is 4.64. The maximum Gasteiger partial charge on any atom is 0.308 e. The van der Waals surface area contributed by atoms with Crippen LogP contribution in [0, 0.1) is 5.92 Å². The van der Waals surface area contributed by atoms with Gasteiger partial charge in [-0.05, 0) is 25.7 Å². The second-order valence-corrected chi connectivity index (χ2v) is 5.70. The van der Waals surface area contributed by atoms with Gasteiger partial charge in [0.15, 0.2) is 0 Å². The van der Waals surface area contributed by atoms with Gasteiger partial charge in [-0.1, -0.05) is 0 Å². The minimum absolute atomic E-state index is 0.0367. The first-order chi connectivity index (χ1) is 9.08. The molecule has 0 saturated carbocycles. The summed E-state index contributed by atoms with van der Waals surface area (Å²) in [5.74, 6) is -1.26. The molecular formula is C13H18N2O4. The number of amides is 2. The monoisotopic (exact) mass is 266 g/mol. The van der Waals surface area contributed by atoms with Crippen LogP contribution in [0.1, 0.15) is 32.1 Å². The molecule has 3 rings (SSSR count). The summed E-state index contributed by atoms with van der Waals surface area (Å²) in [5, 5.41) is 9.16. The number of aliphatic carboxylic acids is 1. The van der Waals surface area contributed by atoms with Gasteiger partial charge >= 0.3 is 5.97 Å². The lowest BCUT2D eigenvalue weighted by atomic mass is 9.89. The number of carbonyl (C=O) groups is 3. The highest BCUT2D eigenvalue weighted by Crippen LogP contribution is 2.41. The van der Waals surface area contributed by atoms with Gasteiger partial charge in [-0.25, -0.2) is 0 Å². The average molecular weight is 266 g/mol. The predicted octanol–water partition coefficient (Wildman–Crippen LogP) is 0.0729. The van der Waals surface area contributed by atoms with Crippen LogP contribution in [0.3, 0.4) is 0 Å². The molecule has 0 aromatic carbocycles. The van der Waals surface area contributed by atoms with Crippen LogP contribution in [0.4, 0.5) is 0 Å². The van der Waals surface area contributed by atoms with Crippen molar-refractivity contribution < 1.29 is 19.5 Å². The number of carbonyl (C=O) groups excluding carboxylic acids is 2. The summed E-state index contributed by atoms with van der Waals surface area (Å²) < 4.78 is 0. The van der Waals surface area contributed by atoms with Gasteiger partial charge in [0.1, 0.15) is 0 Å². The average Bonchev–Trinajstić information content (AvgIpc) is 3.04. The van der Waals surface area contributed by atoms with E-state index in [1.54, 1.807) is 9.80 Å². The molecule has 0 radical (unpaired) electrons. The van der Waals surface area contributed by atoms with Gasteiger partial charge in [0, 0.05) is 25.0 Å². The highest BCUT2D eigenvalue weighted by Gasteiger charge is 2.51. The Hall–Kier alpha value is -1.59. The number of rotatable bonds is 3. The number of likely N-dealkylation sites (tertiary alicyclic amines) is 1. The van der Waals surface area contributed by atoms with Crippen molar-refractivity contribution in [1.82, 2.24) is 9.80 Å². The molecule has 3 unspecified atom stereocenters.